The number of carbonyl (C=O) groups is 2. The standard InChI is InChI=1S/C26H26N4O3/c1-4-17-9-6-8-16(3)23(17)30-25(31)22(5-2)33-26(32)18-11-12-20-21(14-18)29-24(28-20)19-10-7-13-27-15-19/h6-15,22H,4-5H2,1-3H3,(H,28,29)(H,30,31). The van der Waals surface area contributed by atoms with Crippen molar-refractivity contribution in [3.63, 3.8) is 0 Å². The zero-order valence-electron chi connectivity index (χ0n) is 18.9. The van der Waals surface area contributed by atoms with Crippen LogP contribution >= 0.6 is 0 Å². The maximum atomic E-state index is 12.9. The molecule has 1 amide bonds. The predicted molar refractivity (Wildman–Crippen MR) is 128 cm³/mol. The molecule has 0 spiro atoms. The lowest BCUT2D eigenvalue weighted by Gasteiger charge is -2.18. The third-order valence-electron chi connectivity index (χ3n) is 5.55. The van der Waals surface area contributed by atoms with Crippen molar-refractivity contribution in [1.82, 2.24) is 15.0 Å². The van der Waals surface area contributed by atoms with Gasteiger partial charge in [-0.1, -0.05) is 32.0 Å². The fourth-order valence-corrected chi connectivity index (χ4v) is 3.70. The molecule has 1 atom stereocenters. The number of carbonyl (C=O) groups excluding carboxylic acids is 2. The normalized spacial score (nSPS) is 11.8. The molecule has 2 heterocycles. The van der Waals surface area contributed by atoms with Crippen LogP contribution in [0.25, 0.3) is 22.4 Å². The second kappa shape index (κ2) is 9.65. The molecule has 2 aromatic carbocycles. The Labute approximate surface area is 192 Å². The molecule has 0 aliphatic heterocycles. The SMILES string of the molecule is CCc1cccc(C)c1NC(=O)C(CC)OC(=O)c1ccc2nc(-c3cccnc3)[nH]c2c1. The van der Waals surface area contributed by atoms with Crippen LogP contribution in [0.5, 0.6) is 0 Å². The molecule has 0 bridgehead atoms. The fraction of sp³-hybridized carbons (Fsp3) is 0.231. The van der Waals surface area contributed by atoms with Gasteiger partial charge in [-0.25, -0.2) is 9.78 Å². The molecular formula is C26H26N4O3. The average molecular weight is 443 g/mol. The smallest absolute Gasteiger partial charge is 0.338 e. The molecule has 4 aromatic rings. The summed E-state index contributed by atoms with van der Waals surface area (Å²) in [5.41, 5.74) is 5.41. The van der Waals surface area contributed by atoms with E-state index in [1.165, 1.54) is 0 Å². The summed E-state index contributed by atoms with van der Waals surface area (Å²) in [5.74, 6) is -0.229. The van der Waals surface area contributed by atoms with Gasteiger partial charge < -0.3 is 15.0 Å². The molecule has 168 valence electrons. The van der Waals surface area contributed by atoms with E-state index in [2.05, 4.69) is 20.3 Å². The minimum absolute atomic E-state index is 0.337. The predicted octanol–water partition coefficient (Wildman–Crippen LogP) is 5.07. The third kappa shape index (κ3) is 4.77. The number of benzene rings is 2. The molecule has 7 nitrogen and oxygen atoms in total. The van der Waals surface area contributed by atoms with Gasteiger partial charge in [0, 0.05) is 23.6 Å². The first-order chi connectivity index (χ1) is 16.0. The first kappa shape index (κ1) is 22.2. The number of anilines is 1. The highest BCUT2D eigenvalue weighted by Crippen LogP contribution is 2.23. The second-order valence-corrected chi connectivity index (χ2v) is 7.81. The van der Waals surface area contributed by atoms with Crippen molar-refractivity contribution in [2.24, 2.45) is 0 Å². The highest BCUT2D eigenvalue weighted by Gasteiger charge is 2.23. The van der Waals surface area contributed by atoms with Gasteiger partial charge in [-0.05, 0) is 61.2 Å². The molecule has 0 radical (unpaired) electrons. The highest BCUT2D eigenvalue weighted by atomic mass is 16.5. The number of esters is 1. The first-order valence-electron chi connectivity index (χ1n) is 11.0. The van der Waals surface area contributed by atoms with Gasteiger partial charge in [-0.3, -0.25) is 9.78 Å². The lowest BCUT2D eigenvalue weighted by Crippen LogP contribution is -2.32. The zero-order chi connectivity index (χ0) is 23.4. The quantitative estimate of drug-likeness (QED) is 0.390. The molecule has 0 saturated carbocycles. The van der Waals surface area contributed by atoms with Crippen LogP contribution < -0.4 is 5.32 Å². The number of fused-ring (bicyclic) bond motifs is 1. The number of hydrogen-bond donors (Lipinski definition) is 2. The van der Waals surface area contributed by atoms with E-state index in [0.717, 1.165) is 34.3 Å². The number of aromatic amines is 1. The van der Waals surface area contributed by atoms with E-state index < -0.39 is 12.1 Å². The molecule has 4 rings (SSSR count). The van der Waals surface area contributed by atoms with Crippen LogP contribution in [0, 0.1) is 6.92 Å². The van der Waals surface area contributed by atoms with E-state index in [0.29, 0.717) is 23.3 Å². The summed E-state index contributed by atoms with van der Waals surface area (Å²) in [6, 6.07) is 14.7. The van der Waals surface area contributed by atoms with Crippen molar-refractivity contribution >= 4 is 28.6 Å². The Morgan fingerprint density at radius 3 is 2.70 bits per heavy atom. The number of aryl methyl sites for hydroxylation is 2. The van der Waals surface area contributed by atoms with Crippen LogP contribution in [0.15, 0.2) is 60.9 Å². The lowest BCUT2D eigenvalue weighted by molar-refractivity contribution is -0.124. The average Bonchev–Trinajstić information content (AvgIpc) is 3.27. The van der Waals surface area contributed by atoms with Crippen LogP contribution in [0.4, 0.5) is 5.69 Å². The van der Waals surface area contributed by atoms with E-state index in [1.54, 1.807) is 30.6 Å². The molecular weight excluding hydrogens is 416 g/mol. The van der Waals surface area contributed by atoms with Crippen molar-refractivity contribution in [1.29, 1.82) is 0 Å². The van der Waals surface area contributed by atoms with E-state index in [-0.39, 0.29) is 5.91 Å². The summed E-state index contributed by atoms with van der Waals surface area (Å²) in [4.78, 5) is 37.6. The van der Waals surface area contributed by atoms with Gasteiger partial charge in [0.1, 0.15) is 5.82 Å². The van der Waals surface area contributed by atoms with Gasteiger partial charge in [-0.15, -0.1) is 0 Å². The number of ether oxygens (including phenoxy) is 1. The van der Waals surface area contributed by atoms with E-state index in [1.807, 2.05) is 51.1 Å². The number of nitrogens with one attached hydrogen (secondary N) is 2. The van der Waals surface area contributed by atoms with Crippen molar-refractivity contribution < 1.29 is 14.3 Å². The van der Waals surface area contributed by atoms with E-state index in [9.17, 15) is 9.59 Å². The molecule has 1 unspecified atom stereocenters. The molecule has 0 fully saturated rings. The number of nitrogens with zero attached hydrogens (tertiary/aromatic N) is 2. The number of H-pyrrole nitrogens is 1. The molecule has 33 heavy (non-hydrogen) atoms. The van der Waals surface area contributed by atoms with Gasteiger partial charge in [0.2, 0.25) is 0 Å². The highest BCUT2D eigenvalue weighted by molar-refractivity contribution is 5.99. The second-order valence-electron chi connectivity index (χ2n) is 7.81. The Balaban J connectivity index is 1.51. The zero-order valence-corrected chi connectivity index (χ0v) is 18.9. The fourth-order valence-electron chi connectivity index (χ4n) is 3.70. The number of imidazole rings is 1. The van der Waals surface area contributed by atoms with Gasteiger partial charge in [-0.2, -0.15) is 0 Å². The Morgan fingerprint density at radius 1 is 1.12 bits per heavy atom. The first-order valence-corrected chi connectivity index (χ1v) is 11.0. The summed E-state index contributed by atoms with van der Waals surface area (Å²) in [7, 11) is 0. The number of hydrogen-bond acceptors (Lipinski definition) is 5. The summed E-state index contributed by atoms with van der Waals surface area (Å²) in [6.07, 6.45) is 3.67. The molecule has 7 heteroatoms. The van der Waals surface area contributed by atoms with Crippen molar-refractivity contribution in [2.45, 2.75) is 39.7 Å². The number of para-hydroxylation sites is 1. The Kier molecular flexibility index (Phi) is 6.49. The van der Waals surface area contributed by atoms with E-state index in [4.69, 9.17) is 4.74 Å². The molecule has 0 saturated heterocycles. The number of pyridine rings is 1. The van der Waals surface area contributed by atoms with Crippen LogP contribution in [0.2, 0.25) is 0 Å². The van der Waals surface area contributed by atoms with Gasteiger partial charge in [0.15, 0.2) is 6.10 Å². The summed E-state index contributed by atoms with van der Waals surface area (Å²) in [5, 5.41) is 2.95. The third-order valence-corrected chi connectivity index (χ3v) is 5.55. The Hall–Kier alpha value is -4.00. The van der Waals surface area contributed by atoms with Gasteiger partial charge >= 0.3 is 5.97 Å². The summed E-state index contributed by atoms with van der Waals surface area (Å²) >= 11 is 0. The van der Waals surface area contributed by atoms with Crippen LogP contribution in [-0.2, 0) is 16.0 Å². The molecule has 2 N–H and O–H groups in total. The number of amides is 1. The summed E-state index contributed by atoms with van der Waals surface area (Å²) in [6.45, 7) is 5.79. The number of rotatable bonds is 7. The van der Waals surface area contributed by atoms with E-state index >= 15 is 0 Å². The van der Waals surface area contributed by atoms with Crippen molar-refractivity contribution in [3.8, 4) is 11.4 Å². The number of aromatic nitrogens is 3. The van der Waals surface area contributed by atoms with Gasteiger partial charge in [0.25, 0.3) is 5.91 Å². The van der Waals surface area contributed by atoms with Crippen molar-refractivity contribution in [3.05, 3.63) is 77.6 Å². The van der Waals surface area contributed by atoms with Crippen molar-refractivity contribution in [2.75, 3.05) is 5.32 Å². The topological polar surface area (TPSA) is 97.0 Å². The van der Waals surface area contributed by atoms with Crippen LogP contribution in [-0.4, -0.2) is 32.9 Å². The minimum atomic E-state index is -0.898. The maximum absolute atomic E-state index is 12.9. The largest absolute Gasteiger partial charge is 0.449 e. The monoisotopic (exact) mass is 442 g/mol. The Bertz CT molecular complexity index is 1300. The Morgan fingerprint density at radius 2 is 1.97 bits per heavy atom. The summed E-state index contributed by atoms with van der Waals surface area (Å²) < 4.78 is 5.58. The maximum Gasteiger partial charge on any atom is 0.338 e. The van der Waals surface area contributed by atoms with Gasteiger partial charge in [0.05, 0.1) is 16.6 Å². The lowest BCUT2D eigenvalue weighted by atomic mass is 10.1. The molecule has 0 aliphatic carbocycles. The molecule has 2 aromatic heterocycles. The minimum Gasteiger partial charge on any atom is -0.449 e. The van der Waals surface area contributed by atoms with Crippen LogP contribution in [0.3, 0.4) is 0 Å². The van der Waals surface area contributed by atoms with Crippen LogP contribution in [0.1, 0.15) is 41.8 Å². The molecule has 0 aliphatic rings.